The van der Waals surface area contributed by atoms with Gasteiger partial charge in [0.05, 0.1) is 5.39 Å². The minimum atomic E-state index is 0.614. The molecule has 1 aliphatic rings. The summed E-state index contributed by atoms with van der Waals surface area (Å²) < 4.78 is 0. The molecule has 5 heteroatoms. The summed E-state index contributed by atoms with van der Waals surface area (Å²) in [5, 5.41) is 7.83. The Kier molecular flexibility index (Phi) is 2.63. The number of nitrogens with one attached hydrogen (secondary N) is 2. The molecule has 3 rings (SSSR count). The molecule has 90 valence electrons. The highest BCUT2D eigenvalue weighted by Gasteiger charge is 2.23. The molecule has 0 saturated heterocycles. The molecule has 1 saturated carbocycles. The zero-order valence-corrected chi connectivity index (χ0v) is 10.9. The zero-order chi connectivity index (χ0) is 11.8. The average Bonchev–Trinajstić information content (AvgIpc) is 3.00. The van der Waals surface area contributed by atoms with Gasteiger partial charge in [-0.15, -0.1) is 11.3 Å². The molecule has 2 aromatic heterocycles. The van der Waals surface area contributed by atoms with Crippen LogP contribution in [0, 0.1) is 6.92 Å². The normalized spacial score (nSPS) is 15.2. The number of aromatic nitrogens is 2. The second-order valence-electron chi connectivity index (χ2n) is 4.42. The van der Waals surface area contributed by atoms with Crippen LogP contribution in [0.5, 0.6) is 0 Å². The first-order valence-electron chi connectivity index (χ1n) is 6.05. The number of anilines is 2. The molecular formula is C12H16N4S. The lowest BCUT2D eigenvalue weighted by Gasteiger charge is -2.07. The van der Waals surface area contributed by atoms with E-state index in [0.717, 1.165) is 28.5 Å². The van der Waals surface area contributed by atoms with E-state index in [-0.39, 0.29) is 0 Å². The van der Waals surface area contributed by atoms with E-state index in [2.05, 4.69) is 40.5 Å². The Morgan fingerprint density at radius 1 is 1.41 bits per heavy atom. The van der Waals surface area contributed by atoms with Crippen molar-refractivity contribution in [3.8, 4) is 0 Å². The SMILES string of the molecule is CCNc1nc(NC2CC2)c2cc(C)sc2n1. The highest BCUT2D eigenvalue weighted by atomic mass is 32.1. The summed E-state index contributed by atoms with van der Waals surface area (Å²) in [5.41, 5.74) is 0. The molecule has 4 nitrogen and oxygen atoms in total. The number of aryl methyl sites for hydroxylation is 1. The molecule has 1 fully saturated rings. The Bertz CT molecular complexity index is 545. The molecule has 0 amide bonds. The molecule has 1 aliphatic carbocycles. The molecule has 0 aromatic carbocycles. The quantitative estimate of drug-likeness (QED) is 0.873. The fourth-order valence-electron chi connectivity index (χ4n) is 1.81. The third-order valence-electron chi connectivity index (χ3n) is 2.77. The molecule has 2 N–H and O–H groups in total. The van der Waals surface area contributed by atoms with Crippen molar-refractivity contribution in [1.29, 1.82) is 0 Å². The lowest BCUT2D eigenvalue weighted by molar-refractivity contribution is 1.08. The standard InChI is InChI=1S/C12H16N4S/c1-3-13-12-15-10(14-8-4-5-8)9-6-7(2)17-11(9)16-12/h6,8H,3-5H2,1-2H3,(H2,13,14,15,16). The van der Waals surface area contributed by atoms with Crippen molar-refractivity contribution in [2.75, 3.05) is 17.2 Å². The highest BCUT2D eigenvalue weighted by molar-refractivity contribution is 7.18. The first-order chi connectivity index (χ1) is 8.26. The van der Waals surface area contributed by atoms with Gasteiger partial charge in [-0.05, 0) is 32.8 Å². The lowest BCUT2D eigenvalue weighted by Crippen LogP contribution is -2.07. The van der Waals surface area contributed by atoms with E-state index in [9.17, 15) is 0 Å². The van der Waals surface area contributed by atoms with Gasteiger partial charge in [0, 0.05) is 17.5 Å². The molecule has 0 aliphatic heterocycles. The van der Waals surface area contributed by atoms with Crippen LogP contribution in [-0.4, -0.2) is 22.6 Å². The first kappa shape index (κ1) is 10.8. The van der Waals surface area contributed by atoms with Gasteiger partial charge in [0.25, 0.3) is 0 Å². The van der Waals surface area contributed by atoms with E-state index in [1.807, 2.05) is 0 Å². The van der Waals surface area contributed by atoms with Crippen LogP contribution in [0.2, 0.25) is 0 Å². The molecular weight excluding hydrogens is 232 g/mol. The van der Waals surface area contributed by atoms with Gasteiger partial charge in [0.15, 0.2) is 0 Å². The predicted molar refractivity (Wildman–Crippen MR) is 73.0 cm³/mol. The summed E-state index contributed by atoms with van der Waals surface area (Å²) in [6.45, 7) is 5.01. The van der Waals surface area contributed by atoms with Crippen LogP contribution < -0.4 is 10.6 Å². The van der Waals surface area contributed by atoms with E-state index in [1.165, 1.54) is 17.7 Å². The van der Waals surface area contributed by atoms with Crippen molar-refractivity contribution in [3.63, 3.8) is 0 Å². The van der Waals surface area contributed by atoms with Gasteiger partial charge >= 0.3 is 0 Å². The fraction of sp³-hybridized carbons (Fsp3) is 0.500. The van der Waals surface area contributed by atoms with Crippen LogP contribution in [0.25, 0.3) is 10.2 Å². The van der Waals surface area contributed by atoms with Gasteiger partial charge in [-0.2, -0.15) is 4.98 Å². The molecule has 0 atom stereocenters. The Morgan fingerprint density at radius 2 is 2.24 bits per heavy atom. The third-order valence-corrected chi connectivity index (χ3v) is 3.71. The number of hydrogen-bond donors (Lipinski definition) is 2. The number of fused-ring (bicyclic) bond motifs is 1. The van der Waals surface area contributed by atoms with Gasteiger partial charge in [-0.3, -0.25) is 0 Å². The molecule has 2 heterocycles. The Labute approximate surface area is 104 Å². The summed E-state index contributed by atoms with van der Waals surface area (Å²) >= 11 is 1.72. The first-order valence-corrected chi connectivity index (χ1v) is 6.86. The largest absolute Gasteiger partial charge is 0.367 e. The number of rotatable bonds is 4. The highest BCUT2D eigenvalue weighted by Crippen LogP contribution is 2.32. The zero-order valence-electron chi connectivity index (χ0n) is 10.1. The van der Waals surface area contributed by atoms with Gasteiger partial charge in [-0.1, -0.05) is 0 Å². The molecule has 0 unspecified atom stereocenters. The van der Waals surface area contributed by atoms with E-state index in [4.69, 9.17) is 0 Å². The van der Waals surface area contributed by atoms with Crippen molar-refractivity contribution in [3.05, 3.63) is 10.9 Å². The Hall–Kier alpha value is -1.36. The summed E-state index contributed by atoms with van der Waals surface area (Å²) in [6, 6.07) is 2.78. The van der Waals surface area contributed by atoms with Crippen LogP contribution in [-0.2, 0) is 0 Å². The number of thiophene rings is 1. The van der Waals surface area contributed by atoms with E-state index in [1.54, 1.807) is 11.3 Å². The summed E-state index contributed by atoms with van der Waals surface area (Å²) in [6.07, 6.45) is 2.51. The molecule has 0 spiro atoms. The van der Waals surface area contributed by atoms with E-state index >= 15 is 0 Å². The maximum absolute atomic E-state index is 4.56. The minimum Gasteiger partial charge on any atom is -0.367 e. The van der Waals surface area contributed by atoms with Crippen LogP contribution in [0.15, 0.2) is 6.07 Å². The molecule has 2 aromatic rings. The second kappa shape index (κ2) is 4.14. The van der Waals surface area contributed by atoms with Crippen molar-refractivity contribution in [2.24, 2.45) is 0 Å². The van der Waals surface area contributed by atoms with Gasteiger partial charge in [-0.25, -0.2) is 4.98 Å². The topological polar surface area (TPSA) is 49.8 Å². The molecule has 0 radical (unpaired) electrons. The van der Waals surface area contributed by atoms with E-state index < -0.39 is 0 Å². The molecule has 0 bridgehead atoms. The predicted octanol–water partition coefficient (Wildman–Crippen LogP) is 3.01. The van der Waals surface area contributed by atoms with Crippen molar-refractivity contribution >= 4 is 33.3 Å². The lowest BCUT2D eigenvalue weighted by atomic mass is 10.3. The van der Waals surface area contributed by atoms with Gasteiger partial charge < -0.3 is 10.6 Å². The Morgan fingerprint density at radius 3 is 2.94 bits per heavy atom. The van der Waals surface area contributed by atoms with Crippen molar-refractivity contribution < 1.29 is 0 Å². The monoisotopic (exact) mass is 248 g/mol. The summed E-state index contributed by atoms with van der Waals surface area (Å²) in [4.78, 5) is 11.4. The van der Waals surface area contributed by atoms with Crippen LogP contribution in [0.3, 0.4) is 0 Å². The van der Waals surface area contributed by atoms with Gasteiger partial charge in [0.2, 0.25) is 5.95 Å². The van der Waals surface area contributed by atoms with Gasteiger partial charge in [0.1, 0.15) is 10.6 Å². The molecule has 17 heavy (non-hydrogen) atoms. The average molecular weight is 248 g/mol. The summed E-state index contributed by atoms with van der Waals surface area (Å²) in [5.74, 6) is 1.71. The second-order valence-corrected chi connectivity index (χ2v) is 5.66. The van der Waals surface area contributed by atoms with Crippen LogP contribution >= 0.6 is 11.3 Å². The van der Waals surface area contributed by atoms with Crippen LogP contribution in [0.1, 0.15) is 24.6 Å². The van der Waals surface area contributed by atoms with Crippen molar-refractivity contribution in [1.82, 2.24) is 9.97 Å². The van der Waals surface area contributed by atoms with E-state index in [0.29, 0.717) is 6.04 Å². The minimum absolute atomic E-state index is 0.614. The Balaban J connectivity index is 2.06. The van der Waals surface area contributed by atoms with Crippen molar-refractivity contribution in [2.45, 2.75) is 32.7 Å². The number of hydrogen-bond acceptors (Lipinski definition) is 5. The van der Waals surface area contributed by atoms with Crippen LogP contribution in [0.4, 0.5) is 11.8 Å². The maximum Gasteiger partial charge on any atom is 0.226 e. The fourth-order valence-corrected chi connectivity index (χ4v) is 2.69. The summed E-state index contributed by atoms with van der Waals surface area (Å²) in [7, 11) is 0. The third kappa shape index (κ3) is 2.20. The number of nitrogens with zero attached hydrogens (tertiary/aromatic N) is 2. The smallest absolute Gasteiger partial charge is 0.226 e. The maximum atomic E-state index is 4.56.